The van der Waals surface area contributed by atoms with Crippen molar-refractivity contribution >= 4 is 9.84 Å². The predicted octanol–water partition coefficient (Wildman–Crippen LogP) is 3.45. The molecule has 102 valence electrons. The summed E-state index contributed by atoms with van der Waals surface area (Å²) >= 11 is 0. The molecule has 18 heavy (non-hydrogen) atoms. The minimum atomic E-state index is -4.52. The van der Waals surface area contributed by atoms with Crippen LogP contribution in [0.3, 0.4) is 0 Å². The number of hydrogen-bond acceptors (Lipinski definition) is 2. The Kier molecular flexibility index (Phi) is 4.42. The summed E-state index contributed by atoms with van der Waals surface area (Å²) in [6.07, 6.45) is -1.90. The van der Waals surface area contributed by atoms with Gasteiger partial charge in [-0.05, 0) is 30.5 Å². The number of halogens is 3. The highest BCUT2D eigenvalue weighted by molar-refractivity contribution is 7.90. The highest BCUT2D eigenvalue weighted by atomic mass is 32.2. The molecule has 0 bridgehead atoms. The summed E-state index contributed by atoms with van der Waals surface area (Å²) in [4.78, 5) is -0.296. The Hall–Kier alpha value is -1.04. The van der Waals surface area contributed by atoms with E-state index in [1.54, 1.807) is 0 Å². The van der Waals surface area contributed by atoms with Crippen molar-refractivity contribution in [1.29, 1.82) is 0 Å². The Morgan fingerprint density at radius 1 is 1.22 bits per heavy atom. The van der Waals surface area contributed by atoms with Crippen LogP contribution in [0.1, 0.15) is 30.9 Å². The molecule has 0 amide bonds. The smallest absolute Gasteiger partial charge is 0.224 e. The quantitative estimate of drug-likeness (QED) is 0.846. The third-order valence-corrected chi connectivity index (χ3v) is 3.72. The third kappa shape index (κ3) is 3.73. The normalized spacial score (nSPS) is 12.7. The van der Waals surface area contributed by atoms with Crippen molar-refractivity contribution in [3.05, 3.63) is 29.3 Å². The van der Waals surface area contributed by atoms with Crippen molar-refractivity contribution < 1.29 is 21.6 Å². The fraction of sp³-hybridized carbons (Fsp3) is 0.500. The molecule has 0 spiro atoms. The first-order valence-electron chi connectivity index (χ1n) is 5.56. The molecule has 0 saturated heterocycles. The molecule has 0 aliphatic carbocycles. The molecule has 6 heteroatoms. The minimum absolute atomic E-state index is 0.150. The molecule has 0 unspecified atom stereocenters. The van der Waals surface area contributed by atoms with Crippen LogP contribution in [0.2, 0.25) is 0 Å². The van der Waals surface area contributed by atoms with E-state index in [4.69, 9.17) is 0 Å². The zero-order chi connectivity index (χ0) is 14.0. The maximum atomic E-state index is 12.8. The molecule has 0 atom stereocenters. The van der Waals surface area contributed by atoms with Gasteiger partial charge in [-0.2, -0.15) is 13.2 Å². The first-order valence-corrected chi connectivity index (χ1v) is 7.45. The van der Waals surface area contributed by atoms with Gasteiger partial charge in [-0.1, -0.05) is 19.4 Å². The Balaban J connectivity index is 3.30. The lowest BCUT2D eigenvalue weighted by Gasteiger charge is -2.13. The Morgan fingerprint density at radius 3 is 2.28 bits per heavy atom. The predicted molar refractivity (Wildman–Crippen MR) is 63.2 cm³/mol. The van der Waals surface area contributed by atoms with Crippen LogP contribution in [-0.2, 0) is 22.4 Å². The second-order valence-electron chi connectivity index (χ2n) is 4.19. The van der Waals surface area contributed by atoms with Crippen molar-refractivity contribution in [2.75, 3.05) is 6.26 Å². The lowest BCUT2D eigenvalue weighted by Crippen LogP contribution is -2.11. The van der Waals surface area contributed by atoms with Gasteiger partial charge < -0.3 is 0 Å². The van der Waals surface area contributed by atoms with Crippen LogP contribution in [0, 0.1) is 0 Å². The SMILES string of the molecule is CCCCc1ccc(S(C)(=O)=O)cc1C(F)(F)F. The zero-order valence-corrected chi connectivity index (χ0v) is 11.0. The molecule has 0 radical (unpaired) electrons. The molecule has 2 nitrogen and oxygen atoms in total. The van der Waals surface area contributed by atoms with Gasteiger partial charge in [0.05, 0.1) is 10.5 Å². The summed E-state index contributed by atoms with van der Waals surface area (Å²) in [5.74, 6) is 0. The van der Waals surface area contributed by atoms with E-state index in [2.05, 4.69) is 0 Å². The van der Waals surface area contributed by atoms with Crippen LogP contribution >= 0.6 is 0 Å². The fourth-order valence-electron chi connectivity index (χ4n) is 1.64. The fourth-order valence-corrected chi connectivity index (χ4v) is 2.28. The van der Waals surface area contributed by atoms with E-state index in [9.17, 15) is 21.6 Å². The molecule has 0 saturated carbocycles. The van der Waals surface area contributed by atoms with Gasteiger partial charge in [-0.15, -0.1) is 0 Å². The molecule has 0 aliphatic rings. The third-order valence-electron chi connectivity index (χ3n) is 2.61. The Morgan fingerprint density at radius 2 is 1.83 bits per heavy atom. The second-order valence-corrected chi connectivity index (χ2v) is 6.21. The standard InChI is InChI=1S/C12H15F3O2S/c1-3-4-5-9-6-7-10(18(2,16)17)8-11(9)12(13,14)15/h6-8H,3-5H2,1-2H3. The molecule has 1 aromatic carbocycles. The van der Waals surface area contributed by atoms with Crippen molar-refractivity contribution in [2.24, 2.45) is 0 Å². The molecule has 0 N–H and O–H groups in total. The molecule has 1 aromatic rings. The summed E-state index contributed by atoms with van der Waals surface area (Å²) in [7, 11) is -3.62. The maximum absolute atomic E-state index is 12.8. The average molecular weight is 280 g/mol. The van der Waals surface area contributed by atoms with Gasteiger partial charge in [0.1, 0.15) is 0 Å². The van der Waals surface area contributed by atoms with Gasteiger partial charge in [0.15, 0.2) is 9.84 Å². The van der Waals surface area contributed by atoms with Gasteiger partial charge in [0, 0.05) is 6.26 Å². The number of benzene rings is 1. The Bertz CT molecular complexity index is 519. The average Bonchev–Trinajstić information content (AvgIpc) is 2.23. The summed E-state index contributed by atoms with van der Waals surface area (Å²) in [5, 5.41) is 0. The van der Waals surface area contributed by atoms with Gasteiger partial charge >= 0.3 is 6.18 Å². The van der Waals surface area contributed by atoms with Gasteiger partial charge in [0.2, 0.25) is 0 Å². The van der Waals surface area contributed by atoms with Crippen LogP contribution in [-0.4, -0.2) is 14.7 Å². The first kappa shape index (κ1) is 15.0. The summed E-state index contributed by atoms with van der Waals surface area (Å²) in [6, 6.07) is 3.21. The molecule has 0 aromatic heterocycles. The summed E-state index contributed by atoms with van der Waals surface area (Å²) < 4.78 is 61.1. The van der Waals surface area contributed by atoms with Gasteiger partial charge in [-0.25, -0.2) is 8.42 Å². The van der Waals surface area contributed by atoms with E-state index in [1.165, 1.54) is 12.1 Å². The Labute approximate surface area is 105 Å². The number of rotatable bonds is 4. The second kappa shape index (κ2) is 5.30. The minimum Gasteiger partial charge on any atom is -0.224 e. The van der Waals surface area contributed by atoms with Gasteiger partial charge in [-0.3, -0.25) is 0 Å². The van der Waals surface area contributed by atoms with Crippen LogP contribution in [0.5, 0.6) is 0 Å². The molecule has 1 rings (SSSR count). The number of alkyl halides is 3. The van der Waals surface area contributed by atoms with Crippen LogP contribution in [0.4, 0.5) is 13.2 Å². The largest absolute Gasteiger partial charge is 0.416 e. The molecular weight excluding hydrogens is 265 g/mol. The van der Waals surface area contributed by atoms with Crippen LogP contribution in [0.15, 0.2) is 23.1 Å². The van der Waals surface area contributed by atoms with E-state index in [0.29, 0.717) is 12.8 Å². The highest BCUT2D eigenvalue weighted by Crippen LogP contribution is 2.34. The molecule has 0 aliphatic heterocycles. The summed E-state index contributed by atoms with van der Waals surface area (Å²) in [5.41, 5.74) is -0.698. The number of sulfone groups is 1. The van der Waals surface area contributed by atoms with E-state index in [-0.39, 0.29) is 10.5 Å². The number of unbranched alkanes of at least 4 members (excludes halogenated alkanes) is 1. The van der Waals surface area contributed by atoms with E-state index in [1.807, 2.05) is 6.92 Å². The van der Waals surface area contributed by atoms with Crippen molar-refractivity contribution in [2.45, 2.75) is 37.3 Å². The van der Waals surface area contributed by atoms with E-state index < -0.39 is 21.6 Å². The van der Waals surface area contributed by atoms with Crippen LogP contribution in [0.25, 0.3) is 0 Å². The molecular formula is C12H15F3O2S. The first-order chi connectivity index (χ1) is 8.16. The van der Waals surface area contributed by atoms with Crippen molar-refractivity contribution in [1.82, 2.24) is 0 Å². The number of hydrogen-bond donors (Lipinski definition) is 0. The molecule has 0 heterocycles. The lowest BCUT2D eigenvalue weighted by molar-refractivity contribution is -0.138. The number of aryl methyl sites for hydroxylation is 1. The monoisotopic (exact) mass is 280 g/mol. The van der Waals surface area contributed by atoms with Gasteiger partial charge in [0.25, 0.3) is 0 Å². The van der Waals surface area contributed by atoms with Crippen molar-refractivity contribution in [3.63, 3.8) is 0 Å². The zero-order valence-electron chi connectivity index (χ0n) is 10.2. The van der Waals surface area contributed by atoms with E-state index >= 15 is 0 Å². The lowest BCUT2D eigenvalue weighted by atomic mass is 10.0. The maximum Gasteiger partial charge on any atom is 0.416 e. The van der Waals surface area contributed by atoms with E-state index in [0.717, 1.165) is 18.7 Å². The van der Waals surface area contributed by atoms with Crippen LogP contribution < -0.4 is 0 Å². The summed E-state index contributed by atoms with van der Waals surface area (Å²) in [6.45, 7) is 1.89. The highest BCUT2D eigenvalue weighted by Gasteiger charge is 2.34. The topological polar surface area (TPSA) is 34.1 Å². The molecule has 0 fully saturated rings. The van der Waals surface area contributed by atoms with Crippen molar-refractivity contribution in [3.8, 4) is 0 Å².